The van der Waals surface area contributed by atoms with Crippen LogP contribution in [0.3, 0.4) is 0 Å². The van der Waals surface area contributed by atoms with Gasteiger partial charge in [-0.1, -0.05) is 30.3 Å². The largest absolute Gasteiger partial charge is 0.463 e. The van der Waals surface area contributed by atoms with E-state index in [1.807, 2.05) is 0 Å². The van der Waals surface area contributed by atoms with Gasteiger partial charge in [-0.25, -0.2) is 0 Å². The van der Waals surface area contributed by atoms with Gasteiger partial charge in [-0.15, -0.1) is 0 Å². The molecule has 180 valence electrons. The molecule has 1 aliphatic heterocycles. The first-order valence-electron chi connectivity index (χ1n) is 10.1. The van der Waals surface area contributed by atoms with Crippen LogP contribution in [0.4, 0.5) is 0 Å². The van der Waals surface area contributed by atoms with Crippen molar-refractivity contribution in [3.8, 4) is 0 Å². The fourth-order valence-corrected chi connectivity index (χ4v) is 3.19. The zero-order valence-corrected chi connectivity index (χ0v) is 18.7. The molecule has 0 N–H and O–H groups in total. The second-order valence-corrected chi connectivity index (χ2v) is 7.17. The Morgan fingerprint density at radius 2 is 1.30 bits per heavy atom. The highest BCUT2D eigenvalue weighted by Crippen LogP contribution is 2.30. The molecule has 1 heterocycles. The molecular formula is C22H26O11. The Hall–Kier alpha value is -3.31. The normalized spacial score (nSPS) is 24.3. The Balaban J connectivity index is 2.33. The van der Waals surface area contributed by atoms with Gasteiger partial charge in [0.2, 0.25) is 0 Å². The number of ether oxygens (including phenoxy) is 6. The summed E-state index contributed by atoms with van der Waals surface area (Å²) in [5.74, 6) is -3.29. The molecule has 1 aromatic rings. The van der Waals surface area contributed by atoms with Crippen LogP contribution in [-0.2, 0) is 47.6 Å². The molecular weight excluding hydrogens is 440 g/mol. The Morgan fingerprint density at radius 3 is 1.85 bits per heavy atom. The monoisotopic (exact) mass is 466 g/mol. The van der Waals surface area contributed by atoms with E-state index >= 15 is 0 Å². The van der Waals surface area contributed by atoms with Crippen LogP contribution in [0, 0.1) is 0 Å². The van der Waals surface area contributed by atoms with Crippen molar-refractivity contribution in [2.75, 3.05) is 13.2 Å². The number of benzene rings is 1. The number of carbonyl (C=O) groups excluding carboxylic acids is 5. The maximum absolute atomic E-state index is 12.5. The maximum Gasteiger partial charge on any atom is 0.303 e. The van der Waals surface area contributed by atoms with Crippen molar-refractivity contribution in [3.63, 3.8) is 0 Å². The number of rotatable bonds is 9. The molecule has 0 bridgehead atoms. The summed E-state index contributed by atoms with van der Waals surface area (Å²) in [5, 5.41) is 0. The number of carbonyl (C=O) groups is 5. The van der Waals surface area contributed by atoms with Crippen molar-refractivity contribution in [2.24, 2.45) is 0 Å². The van der Waals surface area contributed by atoms with Crippen molar-refractivity contribution in [2.45, 2.75) is 58.4 Å². The Labute approximate surface area is 190 Å². The van der Waals surface area contributed by atoms with Gasteiger partial charge in [-0.2, -0.15) is 0 Å². The number of hydrogen-bond acceptors (Lipinski definition) is 11. The average Bonchev–Trinajstić information content (AvgIpc) is 2.73. The van der Waals surface area contributed by atoms with Crippen molar-refractivity contribution in [1.29, 1.82) is 0 Å². The van der Waals surface area contributed by atoms with E-state index in [1.165, 1.54) is 6.92 Å². The first kappa shape index (κ1) is 25.9. The molecule has 2 rings (SSSR count). The number of esters is 4. The van der Waals surface area contributed by atoms with Gasteiger partial charge in [0.1, 0.15) is 19.3 Å². The highest BCUT2D eigenvalue weighted by atomic mass is 16.7. The molecule has 1 unspecified atom stereocenters. The minimum atomic E-state index is -1.40. The maximum atomic E-state index is 12.5. The van der Waals surface area contributed by atoms with Crippen LogP contribution >= 0.6 is 0 Å². The summed E-state index contributed by atoms with van der Waals surface area (Å²) < 4.78 is 32.2. The first-order chi connectivity index (χ1) is 15.6. The van der Waals surface area contributed by atoms with Gasteiger partial charge in [-0.05, 0) is 0 Å². The summed E-state index contributed by atoms with van der Waals surface area (Å²) in [4.78, 5) is 59.0. The molecule has 1 aromatic carbocycles. The van der Waals surface area contributed by atoms with E-state index in [9.17, 15) is 24.0 Å². The van der Waals surface area contributed by atoms with Crippen molar-refractivity contribution in [3.05, 3.63) is 35.9 Å². The highest BCUT2D eigenvalue weighted by molar-refractivity contribution is 5.97. The van der Waals surface area contributed by atoms with Gasteiger partial charge in [0.25, 0.3) is 0 Å². The minimum Gasteiger partial charge on any atom is -0.463 e. The smallest absolute Gasteiger partial charge is 0.303 e. The second-order valence-electron chi connectivity index (χ2n) is 7.17. The molecule has 0 aliphatic carbocycles. The molecule has 0 saturated carbocycles. The minimum absolute atomic E-state index is 0.378. The molecule has 0 amide bonds. The summed E-state index contributed by atoms with van der Waals surface area (Å²) in [5.41, 5.74) is 0.378. The van der Waals surface area contributed by atoms with Gasteiger partial charge in [-0.3, -0.25) is 24.0 Å². The van der Waals surface area contributed by atoms with Crippen LogP contribution in [0.15, 0.2) is 30.3 Å². The fourth-order valence-electron chi connectivity index (χ4n) is 3.19. The van der Waals surface area contributed by atoms with E-state index in [2.05, 4.69) is 0 Å². The summed E-state index contributed by atoms with van der Waals surface area (Å²) in [6.45, 7) is 3.67. The zero-order chi connectivity index (χ0) is 24.5. The van der Waals surface area contributed by atoms with Gasteiger partial charge in [0.15, 0.2) is 30.4 Å². The third kappa shape index (κ3) is 7.95. The molecule has 0 spiro atoms. The SMILES string of the molecule is CC(=O)OC[C@H]1OC(OCC(=O)c2ccccc2)[C@H](OC(C)=O)[C@@H](OC(C)=O)[C@@H]1OC(C)=O. The lowest BCUT2D eigenvalue weighted by molar-refractivity contribution is -0.305. The lowest BCUT2D eigenvalue weighted by Gasteiger charge is -2.43. The molecule has 0 radical (unpaired) electrons. The highest BCUT2D eigenvalue weighted by Gasteiger charge is 2.52. The predicted octanol–water partition coefficient (Wildman–Crippen LogP) is 0.969. The molecule has 1 aliphatic rings. The van der Waals surface area contributed by atoms with Crippen LogP contribution in [0.2, 0.25) is 0 Å². The van der Waals surface area contributed by atoms with Gasteiger partial charge >= 0.3 is 23.9 Å². The fraction of sp³-hybridized carbons (Fsp3) is 0.500. The van der Waals surface area contributed by atoms with E-state index in [1.54, 1.807) is 30.3 Å². The number of Topliss-reactive ketones (excluding diaryl/α,β-unsaturated/α-hetero) is 1. The summed E-state index contributed by atoms with van der Waals surface area (Å²) in [6.07, 6.45) is -6.59. The molecule has 0 aromatic heterocycles. The Bertz CT molecular complexity index is 866. The Kier molecular flexibility index (Phi) is 9.49. The summed E-state index contributed by atoms with van der Waals surface area (Å²) in [7, 11) is 0. The van der Waals surface area contributed by atoms with Crippen LogP contribution in [0.1, 0.15) is 38.1 Å². The van der Waals surface area contributed by atoms with Gasteiger partial charge < -0.3 is 28.4 Å². The van der Waals surface area contributed by atoms with Gasteiger partial charge in [0.05, 0.1) is 0 Å². The predicted molar refractivity (Wildman–Crippen MR) is 109 cm³/mol. The lowest BCUT2D eigenvalue weighted by atomic mass is 9.98. The lowest BCUT2D eigenvalue weighted by Crippen LogP contribution is -2.63. The topological polar surface area (TPSA) is 141 Å². The zero-order valence-electron chi connectivity index (χ0n) is 18.7. The van der Waals surface area contributed by atoms with Crippen molar-refractivity contribution < 1.29 is 52.4 Å². The standard InChI is InChI=1S/C22H26O11/c1-12(23)28-11-18-19(30-13(2)24)20(31-14(3)25)21(32-15(4)26)22(33-18)29-10-17(27)16-8-6-5-7-9-16/h5-9,18-22H,10-11H2,1-4H3/t18-,19-,20+,21-,22?/m1/s1. The van der Waals surface area contributed by atoms with E-state index < -0.39 is 61.2 Å². The quantitative estimate of drug-likeness (QED) is 0.292. The molecule has 5 atom stereocenters. The van der Waals surface area contributed by atoms with Gasteiger partial charge in [0, 0.05) is 33.3 Å². The molecule has 1 fully saturated rings. The molecule has 1 saturated heterocycles. The van der Waals surface area contributed by atoms with Crippen LogP contribution in [0.25, 0.3) is 0 Å². The molecule has 11 heteroatoms. The number of hydrogen-bond donors (Lipinski definition) is 0. The van der Waals surface area contributed by atoms with E-state index in [-0.39, 0.29) is 12.4 Å². The third-order valence-corrected chi connectivity index (χ3v) is 4.42. The average molecular weight is 466 g/mol. The van der Waals surface area contributed by atoms with Crippen molar-refractivity contribution >= 4 is 29.7 Å². The van der Waals surface area contributed by atoms with Crippen LogP contribution < -0.4 is 0 Å². The third-order valence-electron chi connectivity index (χ3n) is 4.42. The second kappa shape index (κ2) is 12.1. The van der Waals surface area contributed by atoms with Crippen LogP contribution in [-0.4, -0.2) is 73.6 Å². The molecule has 11 nitrogen and oxygen atoms in total. The molecule has 33 heavy (non-hydrogen) atoms. The number of ketones is 1. The Morgan fingerprint density at radius 1 is 0.758 bits per heavy atom. The van der Waals surface area contributed by atoms with E-state index in [0.29, 0.717) is 5.56 Å². The van der Waals surface area contributed by atoms with E-state index in [4.69, 9.17) is 28.4 Å². The van der Waals surface area contributed by atoms with Crippen LogP contribution in [0.5, 0.6) is 0 Å². The summed E-state index contributed by atoms with van der Waals surface area (Å²) >= 11 is 0. The summed E-state index contributed by atoms with van der Waals surface area (Å²) in [6, 6.07) is 8.30. The first-order valence-corrected chi connectivity index (χ1v) is 10.1. The van der Waals surface area contributed by atoms with Crippen molar-refractivity contribution in [1.82, 2.24) is 0 Å². The van der Waals surface area contributed by atoms with E-state index in [0.717, 1.165) is 20.8 Å².